The molecule has 1 aromatic carbocycles. The van der Waals surface area contributed by atoms with E-state index in [1.807, 2.05) is 0 Å². The van der Waals surface area contributed by atoms with E-state index < -0.39 is 32.0 Å². The van der Waals surface area contributed by atoms with Crippen LogP contribution in [0.1, 0.15) is 13.3 Å². The van der Waals surface area contributed by atoms with Crippen molar-refractivity contribution in [1.29, 1.82) is 0 Å². The second kappa shape index (κ2) is 5.46. The lowest BCUT2D eigenvalue weighted by Crippen LogP contribution is -2.36. The Bertz CT molecular complexity index is 862. The Balaban J connectivity index is 1.84. The zero-order chi connectivity index (χ0) is 16.8. The molecule has 2 aliphatic rings. The van der Waals surface area contributed by atoms with Gasteiger partial charge in [0.2, 0.25) is 10.0 Å². The van der Waals surface area contributed by atoms with Crippen LogP contribution in [0.3, 0.4) is 0 Å². The minimum atomic E-state index is -3.88. The zero-order valence-corrected chi connectivity index (χ0v) is 13.9. The lowest BCUT2D eigenvalue weighted by Gasteiger charge is -2.23. The summed E-state index contributed by atoms with van der Waals surface area (Å²) in [5, 5.41) is 2.58. The first kappa shape index (κ1) is 16.2. The summed E-state index contributed by atoms with van der Waals surface area (Å²) in [5.74, 6) is -0.192. The quantitative estimate of drug-likeness (QED) is 0.775. The number of carbonyl (C=O) groups excluding carboxylic acids is 1. The molecule has 1 amide bonds. The lowest BCUT2D eigenvalue weighted by atomic mass is 10.2. The van der Waals surface area contributed by atoms with Crippen molar-refractivity contribution in [3.63, 3.8) is 0 Å². The van der Waals surface area contributed by atoms with Crippen LogP contribution in [0.25, 0.3) is 0 Å². The number of fused-ring (bicyclic) bond motifs is 1. The molecule has 1 saturated heterocycles. The molecule has 1 aromatic rings. The number of sulfone groups is 1. The van der Waals surface area contributed by atoms with Gasteiger partial charge in [-0.2, -0.15) is 0 Å². The summed E-state index contributed by atoms with van der Waals surface area (Å²) < 4.78 is 55.3. The third-order valence-corrected chi connectivity index (χ3v) is 7.03. The molecule has 0 aromatic heterocycles. The Hall–Kier alpha value is -1.65. The molecule has 2 atom stereocenters. The van der Waals surface area contributed by atoms with Crippen LogP contribution in [-0.2, 0) is 24.7 Å². The molecular formula is C13H16N2O6S2. The summed E-state index contributed by atoms with van der Waals surface area (Å²) in [7, 11) is -7.06. The fraction of sp³-hybridized carbons (Fsp3) is 0.462. The minimum absolute atomic E-state index is 0.0217. The molecule has 0 saturated carbocycles. The average molecular weight is 360 g/mol. The highest BCUT2D eigenvalue weighted by atomic mass is 32.2. The van der Waals surface area contributed by atoms with Crippen molar-refractivity contribution in [1.82, 2.24) is 4.72 Å². The number of benzene rings is 1. The maximum absolute atomic E-state index is 12.4. The van der Waals surface area contributed by atoms with E-state index in [0.717, 1.165) is 0 Å². The third kappa shape index (κ3) is 3.33. The van der Waals surface area contributed by atoms with Gasteiger partial charge in [-0.15, -0.1) is 0 Å². The lowest BCUT2D eigenvalue weighted by molar-refractivity contribution is -0.122. The van der Waals surface area contributed by atoms with Gasteiger partial charge in [-0.1, -0.05) is 0 Å². The van der Waals surface area contributed by atoms with Gasteiger partial charge in [-0.25, -0.2) is 21.6 Å². The molecule has 2 N–H and O–H groups in total. The number of hydrogen-bond acceptors (Lipinski definition) is 6. The molecule has 8 nitrogen and oxygen atoms in total. The summed E-state index contributed by atoms with van der Waals surface area (Å²) in [6, 6.07) is 3.48. The maximum Gasteiger partial charge on any atom is 0.265 e. The molecular weight excluding hydrogens is 344 g/mol. The Morgan fingerprint density at radius 3 is 2.74 bits per heavy atom. The van der Waals surface area contributed by atoms with Gasteiger partial charge in [0.25, 0.3) is 5.91 Å². The second-order valence-corrected chi connectivity index (χ2v) is 9.57. The minimum Gasteiger partial charge on any atom is -0.479 e. The van der Waals surface area contributed by atoms with Gasteiger partial charge in [-0.3, -0.25) is 4.79 Å². The van der Waals surface area contributed by atoms with Crippen LogP contribution in [0.15, 0.2) is 23.1 Å². The van der Waals surface area contributed by atoms with Crippen LogP contribution in [0.5, 0.6) is 5.75 Å². The second-order valence-electron chi connectivity index (χ2n) is 5.63. The molecule has 2 heterocycles. The Morgan fingerprint density at radius 2 is 2.09 bits per heavy atom. The molecule has 1 fully saturated rings. The normalized spacial score (nSPS) is 26.2. The van der Waals surface area contributed by atoms with E-state index in [9.17, 15) is 21.6 Å². The highest BCUT2D eigenvalue weighted by Crippen LogP contribution is 2.32. The first-order chi connectivity index (χ1) is 10.7. The molecule has 0 radical (unpaired) electrons. The van der Waals surface area contributed by atoms with E-state index in [0.29, 0.717) is 5.75 Å². The number of ether oxygens (including phenoxy) is 1. The summed E-state index contributed by atoms with van der Waals surface area (Å²) in [5.41, 5.74) is 0.273. The molecule has 0 spiro atoms. The smallest absolute Gasteiger partial charge is 0.265 e. The van der Waals surface area contributed by atoms with E-state index in [1.165, 1.54) is 18.2 Å². The Morgan fingerprint density at radius 1 is 1.35 bits per heavy atom. The van der Waals surface area contributed by atoms with Crippen LogP contribution in [-0.4, -0.2) is 46.4 Å². The summed E-state index contributed by atoms with van der Waals surface area (Å²) in [4.78, 5) is 11.5. The van der Waals surface area contributed by atoms with Crippen molar-refractivity contribution in [3.05, 3.63) is 18.2 Å². The van der Waals surface area contributed by atoms with E-state index in [-0.39, 0.29) is 34.4 Å². The fourth-order valence-corrected chi connectivity index (χ4v) is 5.61. The zero-order valence-electron chi connectivity index (χ0n) is 12.3. The maximum atomic E-state index is 12.4. The van der Waals surface area contributed by atoms with Gasteiger partial charge in [0.15, 0.2) is 15.9 Å². The van der Waals surface area contributed by atoms with Crippen molar-refractivity contribution in [3.8, 4) is 5.75 Å². The highest BCUT2D eigenvalue weighted by molar-refractivity contribution is 7.92. The van der Waals surface area contributed by atoms with Gasteiger partial charge in [0.05, 0.1) is 22.1 Å². The van der Waals surface area contributed by atoms with Gasteiger partial charge in [-0.05, 0) is 31.5 Å². The highest BCUT2D eigenvalue weighted by Gasteiger charge is 2.32. The van der Waals surface area contributed by atoms with E-state index >= 15 is 0 Å². The van der Waals surface area contributed by atoms with Crippen molar-refractivity contribution in [2.75, 3.05) is 16.8 Å². The van der Waals surface area contributed by atoms with Gasteiger partial charge >= 0.3 is 0 Å². The van der Waals surface area contributed by atoms with Crippen molar-refractivity contribution >= 4 is 31.5 Å². The van der Waals surface area contributed by atoms with Crippen LogP contribution in [0.2, 0.25) is 0 Å². The summed E-state index contributed by atoms with van der Waals surface area (Å²) >= 11 is 0. The standard InChI is InChI=1S/C13H16N2O6S2/c1-8-13(16)14-11-6-10(2-3-12(11)21-8)23(19,20)15-9-4-5-22(17,18)7-9/h2-3,6,8-9,15H,4-5,7H2,1H3,(H,14,16)/t8-,9+/m1/s1. The monoisotopic (exact) mass is 360 g/mol. The predicted molar refractivity (Wildman–Crippen MR) is 82.5 cm³/mol. The number of hydrogen-bond donors (Lipinski definition) is 2. The molecule has 2 aliphatic heterocycles. The predicted octanol–water partition coefficient (Wildman–Crippen LogP) is -0.129. The number of amides is 1. The number of sulfonamides is 1. The number of anilines is 1. The molecule has 0 aliphatic carbocycles. The van der Waals surface area contributed by atoms with Crippen molar-refractivity contribution < 1.29 is 26.4 Å². The number of nitrogens with one attached hydrogen (secondary N) is 2. The number of carbonyl (C=O) groups is 1. The summed E-state index contributed by atoms with van der Waals surface area (Å²) in [6.07, 6.45) is -0.393. The molecule has 126 valence electrons. The first-order valence-corrected chi connectivity index (χ1v) is 10.3. The van der Waals surface area contributed by atoms with E-state index in [2.05, 4.69) is 10.0 Å². The van der Waals surface area contributed by atoms with Gasteiger partial charge in [0.1, 0.15) is 5.75 Å². The fourth-order valence-electron chi connectivity index (χ4n) is 2.53. The van der Waals surface area contributed by atoms with Gasteiger partial charge in [0, 0.05) is 6.04 Å². The SMILES string of the molecule is C[C@H]1Oc2ccc(S(=O)(=O)N[C@H]3CCS(=O)(=O)C3)cc2NC1=O. The van der Waals surface area contributed by atoms with Crippen LogP contribution >= 0.6 is 0 Å². The third-order valence-electron chi connectivity index (χ3n) is 3.75. The molecule has 0 unspecified atom stereocenters. The summed E-state index contributed by atoms with van der Waals surface area (Å²) in [6.45, 7) is 1.59. The largest absolute Gasteiger partial charge is 0.479 e. The Labute approximate surface area is 134 Å². The molecule has 23 heavy (non-hydrogen) atoms. The van der Waals surface area contributed by atoms with Gasteiger partial charge < -0.3 is 10.1 Å². The van der Waals surface area contributed by atoms with Crippen LogP contribution in [0.4, 0.5) is 5.69 Å². The van der Waals surface area contributed by atoms with Crippen LogP contribution < -0.4 is 14.8 Å². The average Bonchev–Trinajstić information content (AvgIpc) is 2.78. The van der Waals surface area contributed by atoms with Crippen molar-refractivity contribution in [2.45, 2.75) is 30.4 Å². The molecule has 3 rings (SSSR count). The first-order valence-electron chi connectivity index (χ1n) is 7.01. The number of rotatable bonds is 3. The molecule has 10 heteroatoms. The Kier molecular flexibility index (Phi) is 3.85. The molecule has 0 bridgehead atoms. The van der Waals surface area contributed by atoms with Crippen LogP contribution in [0, 0.1) is 0 Å². The van der Waals surface area contributed by atoms with Crippen molar-refractivity contribution in [2.24, 2.45) is 0 Å². The van der Waals surface area contributed by atoms with E-state index in [1.54, 1.807) is 6.92 Å². The van der Waals surface area contributed by atoms with E-state index in [4.69, 9.17) is 4.74 Å². The topological polar surface area (TPSA) is 119 Å².